The molecule has 0 spiro atoms. The number of fused-ring (bicyclic) bond motifs is 1. The first-order chi connectivity index (χ1) is 10.1. The molecule has 0 aliphatic carbocycles. The zero-order valence-electron chi connectivity index (χ0n) is 10.7. The summed E-state index contributed by atoms with van der Waals surface area (Å²) in [6.07, 6.45) is 3.45. The van der Waals surface area contributed by atoms with Crippen LogP contribution < -0.4 is 5.73 Å². The Morgan fingerprint density at radius 2 is 2.14 bits per heavy atom. The molecule has 3 aromatic rings. The molecule has 21 heavy (non-hydrogen) atoms. The van der Waals surface area contributed by atoms with Gasteiger partial charge in [-0.2, -0.15) is 10.1 Å². The second-order valence-corrected chi connectivity index (χ2v) is 4.18. The summed E-state index contributed by atoms with van der Waals surface area (Å²) in [5.41, 5.74) is 8.22. The lowest BCUT2D eigenvalue weighted by molar-refractivity contribution is 0.205. The molecule has 0 aromatic carbocycles. The number of carboxylic acid groups (broad SMARTS) is 1. The predicted molar refractivity (Wildman–Crippen MR) is 75.0 cm³/mol. The van der Waals surface area contributed by atoms with E-state index in [0.29, 0.717) is 5.69 Å². The van der Waals surface area contributed by atoms with Gasteiger partial charge in [0, 0.05) is 18.0 Å². The molecular formula is C13H10N6O2. The normalized spacial score (nSPS) is 11.7. The summed E-state index contributed by atoms with van der Waals surface area (Å²) in [7, 11) is 0. The fourth-order valence-corrected chi connectivity index (χ4v) is 1.90. The Morgan fingerprint density at radius 1 is 1.29 bits per heavy atom. The standard InChI is InChI=1S/C13H10N6O2/c14-12(18-13(20)21)11-6-10(15-7-16-11)8-2-4-19-9(5-8)1-3-17-19/h1-7H,(H2,14,18)(H,20,21). The van der Waals surface area contributed by atoms with Gasteiger partial charge in [-0.3, -0.25) is 0 Å². The second kappa shape index (κ2) is 5.00. The first-order valence-electron chi connectivity index (χ1n) is 5.97. The molecule has 1 amide bonds. The van der Waals surface area contributed by atoms with Crippen LogP contribution in [0.4, 0.5) is 4.79 Å². The van der Waals surface area contributed by atoms with Gasteiger partial charge in [-0.05, 0) is 24.3 Å². The summed E-state index contributed by atoms with van der Waals surface area (Å²) in [6.45, 7) is 0. The molecule has 8 nitrogen and oxygen atoms in total. The maximum Gasteiger partial charge on any atom is 0.433 e. The van der Waals surface area contributed by atoms with Crippen LogP contribution in [0.3, 0.4) is 0 Å². The number of amidine groups is 1. The molecule has 0 atom stereocenters. The molecule has 0 saturated heterocycles. The van der Waals surface area contributed by atoms with Crippen molar-refractivity contribution >= 4 is 17.4 Å². The maximum absolute atomic E-state index is 10.5. The van der Waals surface area contributed by atoms with E-state index in [9.17, 15) is 4.79 Å². The van der Waals surface area contributed by atoms with Gasteiger partial charge in [-0.1, -0.05) is 0 Å². The van der Waals surface area contributed by atoms with Crippen LogP contribution >= 0.6 is 0 Å². The highest BCUT2D eigenvalue weighted by Gasteiger charge is 2.07. The van der Waals surface area contributed by atoms with Gasteiger partial charge in [0.15, 0.2) is 5.84 Å². The summed E-state index contributed by atoms with van der Waals surface area (Å²) in [4.78, 5) is 21.9. The van der Waals surface area contributed by atoms with Crippen molar-refractivity contribution in [2.24, 2.45) is 10.7 Å². The smallest absolute Gasteiger partial charge is 0.433 e. The van der Waals surface area contributed by atoms with Gasteiger partial charge >= 0.3 is 6.09 Å². The Hall–Kier alpha value is -3.29. The van der Waals surface area contributed by atoms with Crippen molar-refractivity contribution in [3.05, 3.63) is 48.7 Å². The van der Waals surface area contributed by atoms with Crippen LogP contribution in [-0.2, 0) is 0 Å². The monoisotopic (exact) mass is 282 g/mol. The number of hydrogen-bond acceptors (Lipinski definition) is 4. The summed E-state index contributed by atoms with van der Waals surface area (Å²) in [5, 5.41) is 12.7. The molecule has 0 aliphatic heterocycles. The average Bonchev–Trinajstić information content (AvgIpc) is 2.94. The third-order valence-corrected chi connectivity index (χ3v) is 2.84. The minimum absolute atomic E-state index is 0.170. The van der Waals surface area contributed by atoms with Crippen molar-refractivity contribution in [2.75, 3.05) is 0 Å². The van der Waals surface area contributed by atoms with Gasteiger partial charge in [0.05, 0.1) is 11.2 Å². The van der Waals surface area contributed by atoms with E-state index in [1.54, 1.807) is 23.0 Å². The highest BCUT2D eigenvalue weighted by molar-refractivity contribution is 6.01. The Kier molecular flexibility index (Phi) is 3.03. The number of aliphatic imine (C=N–C) groups is 1. The predicted octanol–water partition coefficient (Wildman–Crippen LogP) is 1.17. The summed E-state index contributed by atoms with van der Waals surface area (Å²) in [6, 6.07) is 7.20. The molecule has 0 radical (unpaired) electrons. The molecule has 0 fully saturated rings. The number of pyridine rings is 1. The molecule has 0 unspecified atom stereocenters. The summed E-state index contributed by atoms with van der Waals surface area (Å²) < 4.78 is 1.73. The van der Waals surface area contributed by atoms with Crippen LogP contribution in [0.5, 0.6) is 0 Å². The average molecular weight is 282 g/mol. The van der Waals surface area contributed by atoms with Gasteiger partial charge in [0.2, 0.25) is 0 Å². The fourth-order valence-electron chi connectivity index (χ4n) is 1.90. The van der Waals surface area contributed by atoms with Crippen molar-refractivity contribution in [3.63, 3.8) is 0 Å². The highest BCUT2D eigenvalue weighted by atomic mass is 16.4. The molecule has 0 saturated carbocycles. The lowest BCUT2D eigenvalue weighted by Gasteiger charge is -2.04. The Bertz CT molecular complexity index is 854. The first kappa shape index (κ1) is 12.7. The van der Waals surface area contributed by atoms with E-state index in [0.717, 1.165) is 11.1 Å². The van der Waals surface area contributed by atoms with Crippen molar-refractivity contribution < 1.29 is 9.90 Å². The van der Waals surface area contributed by atoms with E-state index >= 15 is 0 Å². The highest BCUT2D eigenvalue weighted by Crippen LogP contribution is 2.18. The number of carbonyl (C=O) groups is 1. The zero-order valence-corrected chi connectivity index (χ0v) is 10.7. The lowest BCUT2D eigenvalue weighted by Crippen LogP contribution is -2.17. The quantitative estimate of drug-likeness (QED) is 0.538. The molecular weight excluding hydrogens is 272 g/mol. The van der Waals surface area contributed by atoms with Crippen LogP contribution in [0.15, 0.2) is 48.0 Å². The van der Waals surface area contributed by atoms with Crippen molar-refractivity contribution in [1.82, 2.24) is 19.6 Å². The Morgan fingerprint density at radius 3 is 2.95 bits per heavy atom. The van der Waals surface area contributed by atoms with E-state index in [4.69, 9.17) is 10.8 Å². The first-order valence-corrected chi connectivity index (χ1v) is 5.97. The minimum Gasteiger partial charge on any atom is -0.463 e. The zero-order chi connectivity index (χ0) is 14.8. The Labute approximate surface area is 118 Å². The third-order valence-electron chi connectivity index (χ3n) is 2.84. The largest absolute Gasteiger partial charge is 0.463 e. The van der Waals surface area contributed by atoms with Crippen molar-refractivity contribution in [2.45, 2.75) is 0 Å². The fraction of sp³-hybridized carbons (Fsp3) is 0. The van der Waals surface area contributed by atoms with E-state index < -0.39 is 6.09 Å². The number of amides is 1. The molecule has 0 bridgehead atoms. The molecule has 0 aliphatic rings. The van der Waals surface area contributed by atoms with Crippen LogP contribution in [-0.4, -0.2) is 36.6 Å². The van der Waals surface area contributed by atoms with Gasteiger partial charge in [0.25, 0.3) is 0 Å². The maximum atomic E-state index is 10.5. The van der Waals surface area contributed by atoms with Crippen molar-refractivity contribution in [1.29, 1.82) is 0 Å². The van der Waals surface area contributed by atoms with Gasteiger partial charge in [0.1, 0.15) is 12.0 Å². The second-order valence-electron chi connectivity index (χ2n) is 4.18. The minimum atomic E-state index is -1.37. The van der Waals surface area contributed by atoms with E-state index in [1.807, 2.05) is 18.2 Å². The molecule has 3 heterocycles. The van der Waals surface area contributed by atoms with E-state index in [1.165, 1.54) is 6.33 Å². The van der Waals surface area contributed by atoms with Crippen molar-refractivity contribution in [3.8, 4) is 11.3 Å². The number of nitrogens with zero attached hydrogens (tertiary/aromatic N) is 5. The molecule has 3 aromatic heterocycles. The molecule has 3 N–H and O–H groups in total. The molecule has 3 rings (SSSR count). The molecule has 104 valence electrons. The number of aromatic nitrogens is 4. The van der Waals surface area contributed by atoms with Crippen LogP contribution in [0, 0.1) is 0 Å². The number of rotatable bonds is 2. The van der Waals surface area contributed by atoms with E-state index in [2.05, 4.69) is 20.1 Å². The van der Waals surface area contributed by atoms with Gasteiger partial charge in [-0.15, -0.1) is 0 Å². The van der Waals surface area contributed by atoms with Gasteiger partial charge in [-0.25, -0.2) is 19.3 Å². The summed E-state index contributed by atoms with van der Waals surface area (Å²) in [5.74, 6) is -0.170. The third kappa shape index (κ3) is 2.54. The van der Waals surface area contributed by atoms with E-state index in [-0.39, 0.29) is 11.5 Å². The Balaban J connectivity index is 2.04. The summed E-state index contributed by atoms with van der Waals surface area (Å²) >= 11 is 0. The van der Waals surface area contributed by atoms with Crippen LogP contribution in [0.1, 0.15) is 5.69 Å². The number of hydrogen-bond donors (Lipinski definition) is 2. The van der Waals surface area contributed by atoms with Gasteiger partial charge < -0.3 is 10.8 Å². The lowest BCUT2D eigenvalue weighted by atomic mass is 10.1. The topological polar surface area (TPSA) is 119 Å². The number of nitrogens with two attached hydrogens (primary N) is 1. The van der Waals surface area contributed by atoms with Crippen LogP contribution in [0.2, 0.25) is 0 Å². The SMILES string of the molecule is NC(=NC(=O)O)c1cc(-c2ccn3nccc3c2)ncn1. The van der Waals surface area contributed by atoms with Crippen LogP contribution in [0.25, 0.3) is 16.8 Å². The molecule has 8 heteroatoms.